The molecule has 0 spiro atoms. The number of carbonyl (C=O) groups is 3. The van der Waals surface area contributed by atoms with E-state index in [4.69, 9.17) is 16.3 Å². The van der Waals surface area contributed by atoms with Gasteiger partial charge in [-0.25, -0.2) is 4.79 Å². The molecule has 180 valence electrons. The molecule has 2 aromatic carbocycles. The maximum Gasteiger partial charge on any atom is 0.329 e. The van der Waals surface area contributed by atoms with Gasteiger partial charge < -0.3 is 15.4 Å². The Labute approximate surface area is 198 Å². The van der Waals surface area contributed by atoms with Gasteiger partial charge in [0.15, 0.2) is 6.61 Å². The molecule has 0 aromatic heterocycles. The highest BCUT2D eigenvalue weighted by atomic mass is 35.5. The Morgan fingerprint density at radius 3 is 2.29 bits per heavy atom. The topological polar surface area (TPSA) is 171 Å². The molecule has 0 aliphatic rings. The zero-order chi connectivity index (χ0) is 25.6. The average molecular weight is 493 g/mol. The third-order valence-electron chi connectivity index (χ3n) is 4.58. The third-order valence-corrected chi connectivity index (χ3v) is 4.90. The lowest BCUT2D eigenvalue weighted by Crippen LogP contribution is -2.46. The van der Waals surface area contributed by atoms with Crippen molar-refractivity contribution in [2.24, 2.45) is 5.92 Å². The van der Waals surface area contributed by atoms with Crippen molar-refractivity contribution in [1.82, 2.24) is 5.32 Å². The number of nitro groups is 2. The predicted octanol–water partition coefficient (Wildman–Crippen LogP) is 3.40. The zero-order valence-corrected chi connectivity index (χ0v) is 19.1. The van der Waals surface area contributed by atoms with Gasteiger partial charge in [-0.05, 0) is 30.5 Å². The Hall–Kier alpha value is -4.06. The normalized spacial score (nSPS) is 11.4. The monoisotopic (exact) mass is 492 g/mol. The first kappa shape index (κ1) is 26.2. The maximum absolute atomic E-state index is 12.6. The molecule has 2 amide bonds. The molecule has 0 unspecified atom stereocenters. The van der Waals surface area contributed by atoms with Crippen LogP contribution in [0.5, 0.6) is 0 Å². The summed E-state index contributed by atoms with van der Waals surface area (Å²) in [7, 11) is 0. The smallest absolute Gasteiger partial charge is 0.329 e. The Morgan fingerprint density at radius 2 is 1.74 bits per heavy atom. The number of benzene rings is 2. The molecule has 1 atom stereocenters. The van der Waals surface area contributed by atoms with Gasteiger partial charge in [0.2, 0.25) is 0 Å². The molecule has 0 radical (unpaired) electrons. The van der Waals surface area contributed by atoms with E-state index in [2.05, 4.69) is 10.6 Å². The van der Waals surface area contributed by atoms with Crippen LogP contribution in [0.2, 0.25) is 5.02 Å². The van der Waals surface area contributed by atoms with Crippen molar-refractivity contribution in [3.63, 3.8) is 0 Å². The van der Waals surface area contributed by atoms with Crippen LogP contribution in [-0.2, 0) is 14.3 Å². The van der Waals surface area contributed by atoms with Crippen LogP contribution in [0.3, 0.4) is 0 Å². The van der Waals surface area contributed by atoms with Gasteiger partial charge in [-0.15, -0.1) is 0 Å². The quantitative estimate of drug-likeness (QED) is 0.304. The third kappa shape index (κ3) is 6.72. The van der Waals surface area contributed by atoms with Gasteiger partial charge in [-0.1, -0.05) is 31.5 Å². The number of hydrogen-bond donors (Lipinski definition) is 2. The van der Waals surface area contributed by atoms with Crippen molar-refractivity contribution in [1.29, 1.82) is 0 Å². The van der Waals surface area contributed by atoms with Gasteiger partial charge in [0.1, 0.15) is 11.7 Å². The number of halogens is 1. The lowest BCUT2D eigenvalue weighted by Gasteiger charge is -2.21. The first-order chi connectivity index (χ1) is 15.9. The van der Waals surface area contributed by atoms with E-state index in [1.165, 1.54) is 12.1 Å². The summed E-state index contributed by atoms with van der Waals surface area (Å²) in [6.07, 6.45) is 0. The molecule has 0 aliphatic heterocycles. The summed E-state index contributed by atoms with van der Waals surface area (Å²) in [5.74, 6) is -2.95. The van der Waals surface area contributed by atoms with Crippen LogP contribution < -0.4 is 10.6 Å². The SMILES string of the molecule is Cc1ccc(NC(=O)COC(=O)[C@@H](NC(=O)c2ccc([N+](=O)[O-])cc2Cl)C(C)C)c([N+](=O)[O-])c1. The Morgan fingerprint density at radius 1 is 1.06 bits per heavy atom. The van der Waals surface area contributed by atoms with Crippen LogP contribution in [0.4, 0.5) is 17.1 Å². The molecule has 2 rings (SSSR count). The fraction of sp³-hybridized carbons (Fsp3) is 0.286. The number of amides is 2. The number of nitro benzene ring substituents is 2. The standard InChI is InChI=1S/C21H21ClN4O8/c1-11(2)19(24-20(28)14-6-5-13(25(30)31)9-15(14)22)21(29)34-10-18(27)23-16-7-4-12(3)8-17(16)26(32)33/h4-9,11,19H,10H2,1-3H3,(H,23,27)(H,24,28)/t19-/m0/s1. The molecular formula is C21H21ClN4O8. The van der Waals surface area contributed by atoms with E-state index in [9.17, 15) is 34.6 Å². The van der Waals surface area contributed by atoms with E-state index in [1.54, 1.807) is 26.8 Å². The largest absolute Gasteiger partial charge is 0.454 e. The van der Waals surface area contributed by atoms with E-state index >= 15 is 0 Å². The second kappa shape index (κ2) is 11.2. The number of hydrogen-bond acceptors (Lipinski definition) is 8. The number of carbonyl (C=O) groups excluding carboxylic acids is 3. The summed E-state index contributed by atoms with van der Waals surface area (Å²) in [6.45, 7) is 4.16. The van der Waals surface area contributed by atoms with Gasteiger partial charge in [-0.2, -0.15) is 0 Å². The zero-order valence-electron chi connectivity index (χ0n) is 18.4. The summed E-state index contributed by atoms with van der Waals surface area (Å²) < 4.78 is 4.98. The van der Waals surface area contributed by atoms with Crippen molar-refractivity contribution in [2.45, 2.75) is 26.8 Å². The fourth-order valence-corrected chi connectivity index (χ4v) is 3.09. The second-order valence-electron chi connectivity index (χ2n) is 7.55. The number of ether oxygens (including phenoxy) is 1. The molecular weight excluding hydrogens is 472 g/mol. The summed E-state index contributed by atoms with van der Waals surface area (Å²) in [4.78, 5) is 57.9. The van der Waals surface area contributed by atoms with Crippen molar-refractivity contribution in [3.8, 4) is 0 Å². The van der Waals surface area contributed by atoms with E-state index in [-0.39, 0.29) is 27.6 Å². The highest BCUT2D eigenvalue weighted by Gasteiger charge is 2.28. The van der Waals surface area contributed by atoms with Crippen molar-refractivity contribution in [2.75, 3.05) is 11.9 Å². The molecule has 0 saturated carbocycles. The maximum atomic E-state index is 12.6. The Balaban J connectivity index is 2.04. The number of esters is 1. The minimum Gasteiger partial charge on any atom is -0.454 e. The van der Waals surface area contributed by atoms with Crippen LogP contribution in [0.1, 0.15) is 29.8 Å². The summed E-state index contributed by atoms with van der Waals surface area (Å²) in [5.41, 5.74) is -0.138. The molecule has 0 saturated heterocycles. The molecule has 0 bridgehead atoms. The minimum absolute atomic E-state index is 0.0572. The average Bonchev–Trinajstić information content (AvgIpc) is 2.76. The number of non-ortho nitro benzene ring substituents is 1. The van der Waals surface area contributed by atoms with Crippen LogP contribution >= 0.6 is 11.6 Å². The van der Waals surface area contributed by atoms with Gasteiger partial charge >= 0.3 is 5.97 Å². The molecule has 34 heavy (non-hydrogen) atoms. The lowest BCUT2D eigenvalue weighted by molar-refractivity contribution is -0.384. The van der Waals surface area contributed by atoms with E-state index in [0.717, 1.165) is 18.2 Å². The van der Waals surface area contributed by atoms with E-state index < -0.39 is 46.2 Å². The molecule has 12 nitrogen and oxygen atoms in total. The predicted molar refractivity (Wildman–Crippen MR) is 122 cm³/mol. The molecule has 2 N–H and O–H groups in total. The van der Waals surface area contributed by atoms with Gasteiger partial charge in [0.05, 0.1) is 20.4 Å². The van der Waals surface area contributed by atoms with Crippen LogP contribution in [-0.4, -0.2) is 40.3 Å². The molecule has 2 aromatic rings. The number of rotatable bonds is 9. The van der Waals surface area contributed by atoms with Crippen molar-refractivity contribution >= 4 is 46.4 Å². The van der Waals surface area contributed by atoms with Crippen LogP contribution in [0, 0.1) is 33.1 Å². The van der Waals surface area contributed by atoms with Crippen LogP contribution in [0.15, 0.2) is 36.4 Å². The first-order valence-corrected chi connectivity index (χ1v) is 10.2. The highest BCUT2D eigenvalue weighted by molar-refractivity contribution is 6.34. The summed E-state index contributed by atoms with van der Waals surface area (Å²) in [6, 6.07) is 6.31. The second-order valence-corrected chi connectivity index (χ2v) is 7.96. The van der Waals surface area contributed by atoms with Crippen molar-refractivity contribution in [3.05, 3.63) is 72.8 Å². The first-order valence-electron chi connectivity index (χ1n) is 9.87. The lowest BCUT2D eigenvalue weighted by atomic mass is 10.0. The number of nitrogens with one attached hydrogen (secondary N) is 2. The van der Waals surface area contributed by atoms with Gasteiger partial charge in [0.25, 0.3) is 23.2 Å². The fourth-order valence-electron chi connectivity index (χ4n) is 2.83. The Kier molecular flexibility index (Phi) is 8.62. The highest BCUT2D eigenvalue weighted by Crippen LogP contribution is 2.25. The molecule has 13 heteroatoms. The molecule has 0 fully saturated rings. The number of aryl methyl sites for hydroxylation is 1. The van der Waals surface area contributed by atoms with E-state index in [1.807, 2.05) is 0 Å². The minimum atomic E-state index is -1.17. The van der Waals surface area contributed by atoms with E-state index in [0.29, 0.717) is 5.56 Å². The molecule has 0 heterocycles. The van der Waals surface area contributed by atoms with Crippen LogP contribution in [0.25, 0.3) is 0 Å². The summed E-state index contributed by atoms with van der Waals surface area (Å²) >= 11 is 5.95. The summed E-state index contributed by atoms with van der Waals surface area (Å²) in [5, 5.41) is 26.6. The number of anilines is 1. The van der Waals surface area contributed by atoms with Crippen molar-refractivity contribution < 1.29 is 29.0 Å². The van der Waals surface area contributed by atoms with Gasteiger partial charge in [0, 0.05) is 18.2 Å². The Bertz CT molecular complexity index is 1150. The van der Waals surface area contributed by atoms with Gasteiger partial charge in [-0.3, -0.25) is 29.8 Å². The number of nitrogens with zero attached hydrogens (tertiary/aromatic N) is 2. The molecule has 0 aliphatic carbocycles.